The standard InChI is InChI=1S/C12H16N4O2S/c1-15(2)6-4-7-16-11(9-5-3-8-19-9)10(12(17)18)13-14-16/h3,5,8H,4,6-7H2,1-2H3,(H,17,18). The molecule has 0 saturated heterocycles. The summed E-state index contributed by atoms with van der Waals surface area (Å²) in [7, 11) is 4.01. The topological polar surface area (TPSA) is 71.2 Å². The van der Waals surface area contributed by atoms with Gasteiger partial charge in [0, 0.05) is 6.54 Å². The predicted molar refractivity (Wildman–Crippen MR) is 73.5 cm³/mol. The highest BCUT2D eigenvalue weighted by molar-refractivity contribution is 7.13. The Balaban J connectivity index is 2.26. The molecule has 2 heterocycles. The molecule has 102 valence electrons. The zero-order valence-electron chi connectivity index (χ0n) is 10.9. The molecule has 19 heavy (non-hydrogen) atoms. The summed E-state index contributed by atoms with van der Waals surface area (Å²) in [6.07, 6.45) is 0.897. The van der Waals surface area contributed by atoms with Crippen LogP contribution in [0.25, 0.3) is 10.6 Å². The second-order valence-corrected chi connectivity index (χ2v) is 5.40. The van der Waals surface area contributed by atoms with Gasteiger partial charge in [0.25, 0.3) is 0 Å². The van der Waals surface area contributed by atoms with Gasteiger partial charge in [-0.2, -0.15) is 0 Å². The summed E-state index contributed by atoms with van der Waals surface area (Å²) >= 11 is 1.49. The Hall–Kier alpha value is -1.73. The van der Waals surface area contributed by atoms with E-state index in [0.29, 0.717) is 12.2 Å². The first kappa shape index (κ1) is 13.7. The molecule has 0 aliphatic heterocycles. The monoisotopic (exact) mass is 280 g/mol. The minimum absolute atomic E-state index is 0.0207. The second-order valence-electron chi connectivity index (χ2n) is 4.45. The van der Waals surface area contributed by atoms with Crippen molar-refractivity contribution in [1.82, 2.24) is 19.9 Å². The maximum atomic E-state index is 11.2. The van der Waals surface area contributed by atoms with Gasteiger partial charge in [-0.25, -0.2) is 9.48 Å². The molecular formula is C12H16N4O2S. The first-order valence-electron chi connectivity index (χ1n) is 5.95. The molecule has 0 bridgehead atoms. The number of aromatic carboxylic acids is 1. The Morgan fingerprint density at radius 1 is 1.53 bits per heavy atom. The summed E-state index contributed by atoms with van der Waals surface area (Å²) in [5, 5.41) is 18.8. The maximum absolute atomic E-state index is 11.2. The molecule has 0 unspecified atom stereocenters. The number of aryl methyl sites for hydroxylation is 1. The van der Waals surface area contributed by atoms with Gasteiger partial charge in [0.1, 0.15) is 5.69 Å². The molecule has 7 heteroatoms. The largest absolute Gasteiger partial charge is 0.476 e. The number of hydrogen-bond acceptors (Lipinski definition) is 5. The number of nitrogens with zero attached hydrogens (tertiary/aromatic N) is 4. The van der Waals surface area contributed by atoms with Crippen LogP contribution in [-0.2, 0) is 6.54 Å². The quantitative estimate of drug-likeness (QED) is 0.871. The number of carboxylic acids is 1. The molecule has 0 aliphatic carbocycles. The highest BCUT2D eigenvalue weighted by Crippen LogP contribution is 2.27. The molecule has 2 rings (SSSR count). The fourth-order valence-electron chi connectivity index (χ4n) is 1.81. The SMILES string of the molecule is CN(C)CCCn1nnc(C(=O)O)c1-c1cccs1. The van der Waals surface area contributed by atoms with Gasteiger partial charge in [-0.15, -0.1) is 16.4 Å². The average molecular weight is 280 g/mol. The highest BCUT2D eigenvalue weighted by Gasteiger charge is 2.20. The molecule has 2 aromatic rings. The van der Waals surface area contributed by atoms with Gasteiger partial charge in [-0.1, -0.05) is 11.3 Å². The highest BCUT2D eigenvalue weighted by atomic mass is 32.1. The van der Waals surface area contributed by atoms with Crippen LogP contribution in [0.2, 0.25) is 0 Å². The molecule has 6 nitrogen and oxygen atoms in total. The van der Waals surface area contributed by atoms with Crippen LogP contribution < -0.4 is 0 Å². The summed E-state index contributed by atoms with van der Waals surface area (Å²) < 4.78 is 1.68. The van der Waals surface area contributed by atoms with E-state index < -0.39 is 5.97 Å². The fourth-order valence-corrected chi connectivity index (χ4v) is 2.58. The van der Waals surface area contributed by atoms with E-state index in [9.17, 15) is 9.90 Å². The van der Waals surface area contributed by atoms with Crippen molar-refractivity contribution in [2.75, 3.05) is 20.6 Å². The van der Waals surface area contributed by atoms with Crippen molar-refractivity contribution in [3.05, 3.63) is 23.2 Å². The van der Waals surface area contributed by atoms with Gasteiger partial charge in [-0.05, 0) is 38.5 Å². The van der Waals surface area contributed by atoms with Crippen molar-refractivity contribution in [1.29, 1.82) is 0 Å². The third kappa shape index (κ3) is 3.18. The number of hydrogen-bond donors (Lipinski definition) is 1. The van der Waals surface area contributed by atoms with E-state index in [4.69, 9.17) is 0 Å². The van der Waals surface area contributed by atoms with Gasteiger partial charge in [0.15, 0.2) is 5.69 Å². The van der Waals surface area contributed by atoms with Crippen molar-refractivity contribution in [3.8, 4) is 10.6 Å². The number of carbonyl (C=O) groups is 1. The van der Waals surface area contributed by atoms with E-state index >= 15 is 0 Å². The van der Waals surface area contributed by atoms with Crippen molar-refractivity contribution in [2.45, 2.75) is 13.0 Å². The molecule has 0 saturated carbocycles. The van der Waals surface area contributed by atoms with Crippen LogP contribution in [0.4, 0.5) is 0 Å². The lowest BCUT2D eigenvalue weighted by Crippen LogP contribution is -2.16. The van der Waals surface area contributed by atoms with E-state index in [1.807, 2.05) is 31.6 Å². The summed E-state index contributed by atoms with van der Waals surface area (Å²) in [4.78, 5) is 14.2. The second kappa shape index (κ2) is 5.94. The van der Waals surface area contributed by atoms with Crippen LogP contribution in [0.3, 0.4) is 0 Å². The van der Waals surface area contributed by atoms with E-state index in [0.717, 1.165) is 17.8 Å². The number of aromatic nitrogens is 3. The Bertz CT molecular complexity index is 548. The van der Waals surface area contributed by atoms with Gasteiger partial charge in [-0.3, -0.25) is 0 Å². The first-order valence-corrected chi connectivity index (χ1v) is 6.83. The molecule has 0 radical (unpaired) electrons. The average Bonchev–Trinajstić information content (AvgIpc) is 2.94. The lowest BCUT2D eigenvalue weighted by atomic mass is 10.2. The lowest BCUT2D eigenvalue weighted by Gasteiger charge is -2.10. The van der Waals surface area contributed by atoms with Gasteiger partial charge < -0.3 is 10.0 Å². The third-order valence-corrected chi connectivity index (χ3v) is 3.54. The Kier molecular flexibility index (Phi) is 4.28. The number of rotatable bonds is 6. The van der Waals surface area contributed by atoms with E-state index in [1.165, 1.54) is 11.3 Å². The first-order chi connectivity index (χ1) is 9.09. The normalized spacial score (nSPS) is 11.1. The van der Waals surface area contributed by atoms with Gasteiger partial charge in [0.05, 0.1) is 4.88 Å². The summed E-state index contributed by atoms with van der Waals surface area (Å²) in [6.45, 7) is 1.58. The van der Waals surface area contributed by atoms with Crippen molar-refractivity contribution in [3.63, 3.8) is 0 Å². The van der Waals surface area contributed by atoms with Crippen molar-refractivity contribution in [2.24, 2.45) is 0 Å². The molecule has 0 aliphatic rings. The smallest absolute Gasteiger partial charge is 0.358 e. The lowest BCUT2D eigenvalue weighted by molar-refractivity contribution is 0.0691. The van der Waals surface area contributed by atoms with Crippen molar-refractivity contribution >= 4 is 17.3 Å². The predicted octanol–water partition coefficient (Wildman–Crippen LogP) is 1.66. The minimum atomic E-state index is -1.04. The maximum Gasteiger partial charge on any atom is 0.358 e. The minimum Gasteiger partial charge on any atom is -0.476 e. The number of thiophene rings is 1. The van der Waals surface area contributed by atoms with Gasteiger partial charge in [0.2, 0.25) is 0 Å². The summed E-state index contributed by atoms with van der Waals surface area (Å²) in [5.74, 6) is -1.04. The van der Waals surface area contributed by atoms with Crippen LogP contribution in [-0.4, -0.2) is 51.6 Å². The third-order valence-electron chi connectivity index (χ3n) is 2.67. The Morgan fingerprint density at radius 3 is 2.89 bits per heavy atom. The Labute approximate surface area is 115 Å². The van der Waals surface area contributed by atoms with Crippen LogP contribution in [0.15, 0.2) is 17.5 Å². The van der Waals surface area contributed by atoms with Crippen LogP contribution >= 0.6 is 11.3 Å². The zero-order valence-corrected chi connectivity index (χ0v) is 11.7. The van der Waals surface area contributed by atoms with Gasteiger partial charge >= 0.3 is 5.97 Å². The molecule has 0 fully saturated rings. The fraction of sp³-hybridized carbons (Fsp3) is 0.417. The van der Waals surface area contributed by atoms with Crippen LogP contribution in [0, 0.1) is 0 Å². The van der Waals surface area contributed by atoms with E-state index in [1.54, 1.807) is 4.68 Å². The molecule has 0 amide bonds. The molecule has 0 atom stereocenters. The summed E-state index contributed by atoms with van der Waals surface area (Å²) in [6, 6.07) is 3.78. The van der Waals surface area contributed by atoms with E-state index in [-0.39, 0.29) is 5.69 Å². The molecule has 2 aromatic heterocycles. The molecule has 1 N–H and O–H groups in total. The number of carboxylic acid groups (broad SMARTS) is 1. The summed E-state index contributed by atoms with van der Waals surface area (Å²) in [5.41, 5.74) is 0.619. The molecule has 0 spiro atoms. The Morgan fingerprint density at radius 2 is 2.32 bits per heavy atom. The molecule has 0 aromatic carbocycles. The molecular weight excluding hydrogens is 264 g/mol. The zero-order chi connectivity index (χ0) is 13.8. The van der Waals surface area contributed by atoms with Crippen LogP contribution in [0.1, 0.15) is 16.9 Å². The van der Waals surface area contributed by atoms with Crippen LogP contribution in [0.5, 0.6) is 0 Å². The van der Waals surface area contributed by atoms with Crippen molar-refractivity contribution < 1.29 is 9.90 Å². The van der Waals surface area contributed by atoms with E-state index in [2.05, 4.69) is 15.2 Å².